The second-order valence-corrected chi connectivity index (χ2v) is 4.82. The van der Waals surface area contributed by atoms with Crippen LogP contribution in [0.4, 0.5) is 5.69 Å². The Kier molecular flexibility index (Phi) is 4.01. The van der Waals surface area contributed by atoms with Crippen LogP contribution in [0.1, 0.15) is 10.4 Å². The summed E-state index contributed by atoms with van der Waals surface area (Å²) in [6, 6.07) is 11.1. The van der Waals surface area contributed by atoms with Crippen molar-refractivity contribution in [3.05, 3.63) is 48.0 Å². The van der Waals surface area contributed by atoms with Gasteiger partial charge < -0.3 is 25.2 Å². The SMILES string of the molecule is O=C(CNC(=O)c1ccc2c(c1)OCO2)Nc1ccccc1O. The molecule has 118 valence electrons. The average molecular weight is 314 g/mol. The first kappa shape index (κ1) is 14.7. The molecule has 1 aliphatic rings. The number of carbonyl (C=O) groups excluding carboxylic acids is 2. The Bertz CT molecular complexity index is 760. The number of hydrogen-bond donors (Lipinski definition) is 3. The third-order valence-corrected chi connectivity index (χ3v) is 3.22. The zero-order valence-corrected chi connectivity index (χ0v) is 12.0. The summed E-state index contributed by atoms with van der Waals surface area (Å²) in [5, 5.41) is 14.6. The Labute approximate surface area is 131 Å². The van der Waals surface area contributed by atoms with Gasteiger partial charge in [-0.2, -0.15) is 0 Å². The van der Waals surface area contributed by atoms with Gasteiger partial charge in [0.25, 0.3) is 5.91 Å². The highest BCUT2D eigenvalue weighted by molar-refractivity contribution is 6.00. The fraction of sp³-hybridized carbons (Fsp3) is 0.125. The monoisotopic (exact) mass is 314 g/mol. The lowest BCUT2D eigenvalue weighted by molar-refractivity contribution is -0.115. The van der Waals surface area contributed by atoms with Gasteiger partial charge in [-0.25, -0.2) is 0 Å². The molecule has 0 unspecified atom stereocenters. The number of phenols is 1. The minimum absolute atomic E-state index is 0.0389. The maximum Gasteiger partial charge on any atom is 0.251 e. The van der Waals surface area contributed by atoms with Gasteiger partial charge >= 0.3 is 0 Å². The average Bonchev–Trinajstić information content (AvgIpc) is 3.02. The normalized spacial score (nSPS) is 11.8. The van der Waals surface area contributed by atoms with Crippen LogP contribution in [0.3, 0.4) is 0 Å². The van der Waals surface area contributed by atoms with Crippen LogP contribution in [0.15, 0.2) is 42.5 Å². The molecule has 0 bridgehead atoms. The van der Waals surface area contributed by atoms with E-state index in [1.54, 1.807) is 36.4 Å². The first-order chi connectivity index (χ1) is 11.1. The zero-order chi connectivity index (χ0) is 16.2. The molecule has 0 fully saturated rings. The Morgan fingerprint density at radius 1 is 1.09 bits per heavy atom. The fourth-order valence-electron chi connectivity index (χ4n) is 2.07. The summed E-state index contributed by atoms with van der Waals surface area (Å²) in [6.07, 6.45) is 0. The molecule has 7 heteroatoms. The number of rotatable bonds is 4. The van der Waals surface area contributed by atoms with Gasteiger partial charge in [0.2, 0.25) is 12.7 Å². The van der Waals surface area contributed by atoms with Gasteiger partial charge in [-0.05, 0) is 30.3 Å². The van der Waals surface area contributed by atoms with Gasteiger partial charge in [-0.1, -0.05) is 12.1 Å². The molecule has 2 aromatic rings. The van der Waals surface area contributed by atoms with Gasteiger partial charge in [0, 0.05) is 5.56 Å². The number of fused-ring (bicyclic) bond motifs is 1. The highest BCUT2D eigenvalue weighted by atomic mass is 16.7. The van der Waals surface area contributed by atoms with E-state index in [2.05, 4.69) is 10.6 Å². The van der Waals surface area contributed by atoms with Crippen LogP contribution in [0.2, 0.25) is 0 Å². The van der Waals surface area contributed by atoms with Crippen LogP contribution >= 0.6 is 0 Å². The topological polar surface area (TPSA) is 96.9 Å². The molecule has 0 atom stereocenters. The van der Waals surface area contributed by atoms with E-state index in [4.69, 9.17) is 9.47 Å². The number of benzene rings is 2. The van der Waals surface area contributed by atoms with Crippen molar-refractivity contribution in [2.75, 3.05) is 18.7 Å². The molecule has 2 amide bonds. The van der Waals surface area contributed by atoms with E-state index in [0.717, 1.165) is 0 Å². The summed E-state index contributed by atoms with van der Waals surface area (Å²) < 4.78 is 10.4. The molecule has 0 saturated heterocycles. The number of aromatic hydroxyl groups is 1. The minimum Gasteiger partial charge on any atom is -0.506 e. The molecule has 1 aliphatic heterocycles. The predicted octanol–water partition coefficient (Wildman–Crippen LogP) is 1.49. The number of anilines is 1. The quantitative estimate of drug-likeness (QED) is 0.743. The number of ether oxygens (including phenoxy) is 2. The molecule has 0 aliphatic carbocycles. The summed E-state index contributed by atoms with van der Waals surface area (Å²) in [5.41, 5.74) is 0.652. The lowest BCUT2D eigenvalue weighted by Crippen LogP contribution is -2.32. The van der Waals surface area contributed by atoms with Crippen LogP contribution in [0.25, 0.3) is 0 Å². The van der Waals surface area contributed by atoms with Crippen molar-refractivity contribution < 1.29 is 24.2 Å². The smallest absolute Gasteiger partial charge is 0.251 e. The molecule has 7 nitrogen and oxygen atoms in total. The summed E-state index contributed by atoms with van der Waals surface area (Å²) >= 11 is 0. The summed E-state index contributed by atoms with van der Waals surface area (Å²) in [7, 11) is 0. The highest BCUT2D eigenvalue weighted by Gasteiger charge is 2.16. The minimum atomic E-state index is -0.444. The molecular weight excluding hydrogens is 300 g/mol. The lowest BCUT2D eigenvalue weighted by atomic mass is 10.2. The Balaban J connectivity index is 1.56. The zero-order valence-electron chi connectivity index (χ0n) is 12.0. The van der Waals surface area contributed by atoms with E-state index in [9.17, 15) is 14.7 Å². The van der Waals surface area contributed by atoms with Crippen LogP contribution in [-0.2, 0) is 4.79 Å². The molecule has 2 aromatic carbocycles. The number of amides is 2. The number of carbonyl (C=O) groups is 2. The van der Waals surface area contributed by atoms with E-state index in [1.807, 2.05) is 0 Å². The van der Waals surface area contributed by atoms with Crippen LogP contribution in [0.5, 0.6) is 17.2 Å². The van der Waals surface area contributed by atoms with Gasteiger partial charge in [-0.15, -0.1) is 0 Å². The highest BCUT2D eigenvalue weighted by Crippen LogP contribution is 2.32. The van der Waals surface area contributed by atoms with E-state index < -0.39 is 11.8 Å². The van der Waals surface area contributed by atoms with Crippen molar-refractivity contribution in [2.45, 2.75) is 0 Å². The third kappa shape index (κ3) is 3.34. The Hall–Kier alpha value is -3.22. The first-order valence-corrected chi connectivity index (χ1v) is 6.89. The number of hydrogen-bond acceptors (Lipinski definition) is 5. The molecule has 3 N–H and O–H groups in total. The maximum absolute atomic E-state index is 12.0. The van der Waals surface area contributed by atoms with E-state index in [0.29, 0.717) is 17.1 Å². The molecule has 0 saturated carbocycles. The largest absolute Gasteiger partial charge is 0.506 e. The second kappa shape index (κ2) is 6.27. The van der Waals surface area contributed by atoms with Crippen molar-refractivity contribution >= 4 is 17.5 Å². The van der Waals surface area contributed by atoms with Gasteiger partial charge in [0.1, 0.15) is 5.75 Å². The van der Waals surface area contributed by atoms with Crippen LogP contribution < -0.4 is 20.1 Å². The molecule has 3 rings (SSSR count). The summed E-state index contributed by atoms with van der Waals surface area (Å²) in [6.45, 7) is -0.0923. The standard InChI is InChI=1S/C16H14N2O5/c19-12-4-2-1-3-11(12)18-15(20)8-17-16(21)10-5-6-13-14(7-10)23-9-22-13/h1-7,19H,8-9H2,(H,17,21)(H,18,20). The molecule has 1 heterocycles. The third-order valence-electron chi connectivity index (χ3n) is 3.22. The van der Waals surface area contributed by atoms with Crippen molar-refractivity contribution in [2.24, 2.45) is 0 Å². The van der Waals surface area contributed by atoms with Crippen molar-refractivity contribution in [1.29, 1.82) is 0 Å². The Morgan fingerprint density at radius 2 is 1.87 bits per heavy atom. The van der Waals surface area contributed by atoms with E-state index >= 15 is 0 Å². The van der Waals surface area contributed by atoms with Gasteiger partial charge in [0.05, 0.1) is 12.2 Å². The molecule has 23 heavy (non-hydrogen) atoms. The Morgan fingerprint density at radius 3 is 2.70 bits per heavy atom. The summed E-state index contributed by atoms with van der Waals surface area (Å²) in [5.74, 6) is 0.189. The predicted molar refractivity (Wildman–Crippen MR) is 81.6 cm³/mol. The van der Waals surface area contributed by atoms with Crippen molar-refractivity contribution in [1.82, 2.24) is 5.32 Å². The summed E-state index contributed by atoms with van der Waals surface area (Å²) in [4.78, 5) is 23.8. The van der Waals surface area contributed by atoms with E-state index in [1.165, 1.54) is 6.07 Å². The first-order valence-electron chi connectivity index (χ1n) is 6.89. The van der Waals surface area contributed by atoms with Crippen LogP contribution in [0, 0.1) is 0 Å². The maximum atomic E-state index is 12.0. The molecular formula is C16H14N2O5. The van der Waals surface area contributed by atoms with Crippen molar-refractivity contribution in [3.63, 3.8) is 0 Å². The fourth-order valence-corrected chi connectivity index (χ4v) is 2.07. The number of para-hydroxylation sites is 2. The number of nitrogens with one attached hydrogen (secondary N) is 2. The van der Waals surface area contributed by atoms with Gasteiger partial charge in [0.15, 0.2) is 11.5 Å². The second-order valence-electron chi connectivity index (χ2n) is 4.82. The molecule has 0 aromatic heterocycles. The van der Waals surface area contributed by atoms with Crippen molar-refractivity contribution in [3.8, 4) is 17.2 Å². The lowest BCUT2D eigenvalue weighted by Gasteiger charge is -2.08. The van der Waals surface area contributed by atoms with Crippen LogP contribution in [-0.4, -0.2) is 30.3 Å². The van der Waals surface area contributed by atoms with E-state index in [-0.39, 0.29) is 24.8 Å². The number of phenolic OH excluding ortho intramolecular Hbond substituents is 1. The molecule has 0 spiro atoms. The molecule has 0 radical (unpaired) electrons. The van der Waals surface area contributed by atoms with Gasteiger partial charge in [-0.3, -0.25) is 9.59 Å².